The number of aromatic nitrogens is 2. The largest absolute Gasteiger partial charge is 0.466 e. The molecule has 0 spiro atoms. The van der Waals surface area contributed by atoms with Gasteiger partial charge >= 0.3 is 5.97 Å². The van der Waals surface area contributed by atoms with Gasteiger partial charge in [-0.3, -0.25) is 9.59 Å². The Bertz CT molecular complexity index is 740. The van der Waals surface area contributed by atoms with Crippen LogP contribution in [-0.4, -0.2) is 38.9 Å². The number of ether oxygens (including phenoxy) is 1. The number of nitrogens with one attached hydrogen (secondary N) is 1. The monoisotopic (exact) mass is 306 g/mol. The second-order valence-electron chi connectivity index (χ2n) is 4.95. The summed E-state index contributed by atoms with van der Waals surface area (Å²) in [7, 11) is 0. The fourth-order valence-electron chi connectivity index (χ4n) is 2.18. The van der Waals surface area contributed by atoms with Crippen LogP contribution >= 0.6 is 0 Å². The summed E-state index contributed by atoms with van der Waals surface area (Å²) >= 11 is 0. The predicted octanol–water partition coefficient (Wildman–Crippen LogP) is 0.579. The van der Waals surface area contributed by atoms with Gasteiger partial charge in [-0.25, -0.2) is 4.98 Å². The highest BCUT2D eigenvalue weighted by Crippen LogP contribution is 2.22. The van der Waals surface area contributed by atoms with E-state index in [1.165, 1.54) is 6.07 Å². The molecule has 2 atom stereocenters. The molecule has 0 saturated carbocycles. The number of carbonyl (C=O) groups is 1. The number of aliphatic hydroxyl groups excluding tert-OH is 2. The topological polar surface area (TPSA) is 113 Å². The van der Waals surface area contributed by atoms with E-state index in [9.17, 15) is 19.8 Å². The molecule has 1 aromatic carbocycles. The third-order valence-electron chi connectivity index (χ3n) is 3.23. The first-order valence-corrected chi connectivity index (χ1v) is 6.94. The van der Waals surface area contributed by atoms with Crippen molar-refractivity contribution >= 4 is 16.9 Å². The van der Waals surface area contributed by atoms with Crippen molar-refractivity contribution in [2.75, 3.05) is 6.61 Å². The lowest BCUT2D eigenvalue weighted by Crippen LogP contribution is -2.23. The zero-order valence-electron chi connectivity index (χ0n) is 12.4. The minimum Gasteiger partial charge on any atom is -0.466 e. The lowest BCUT2D eigenvalue weighted by atomic mass is 10.0. The lowest BCUT2D eigenvalue weighted by molar-refractivity contribution is -0.147. The number of fused-ring (bicyclic) bond motifs is 1. The van der Waals surface area contributed by atoms with Crippen LogP contribution in [0, 0.1) is 6.92 Å². The highest BCUT2D eigenvalue weighted by Gasteiger charge is 2.22. The standard InChI is InChI=1S/C15H18N2O5/c1-3-22-13(19)7-12(18)14(20)9-4-5-11-10(6-9)15(21)17-8(2)16-11/h4-6,12,14,18,20H,3,7H2,1-2H3,(H,16,17,21). The third kappa shape index (κ3) is 3.49. The average molecular weight is 306 g/mol. The summed E-state index contributed by atoms with van der Waals surface area (Å²) in [5.41, 5.74) is 0.508. The maximum absolute atomic E-state index is 11.9. The molecule has 0 radical (unpaired) electrons. The van der Waals surface area contributed by atoms with Crippen molar-refractivity contribution in [3.63, 3.8) is 0 Å². The van der Waals surface area contributed by atoms with E-state index in [1.54, 1.807) is 26.0 Å². The van der Waals surface area contributed by atoms with Crippen LogP contribution in [0.1, 0.15) is 30.8 Å². The summed E-state index contributed by atoms with van der Waals surface area (Å²) in [4.78, 5) is 30.0. The molecule has 2 aromatic rings. The number of hydrogen-bond acceptors (Lipinski definition) is 6. The van der Waals surface area contributed by atoms with E-state index in [4.69, 9.17) is 4.74 Å². The molecule has 0 aliphatic carbocycles. The summed E-state index contributed by atoms with van der Waals surface area (Å²) in [5.74, 6) is -0.0990. The Labute approximate surface area is 126 Å². The summed E-state index contributed by atoms with van der Waals surface area (Å²) in [6, 6.07) is 4.61. The fourth-order valence-corrected chi connectivity index (χ4v) is 2.18. The minimum absolute atomic E-state index is 0.206. The summed E-state index contributed by atoms with van der Waals surface area (Å²) < 4.78 is 4.73. The lowest BCUT2D eigenvalue weighted by Gasteiger charge is -2.17. The van der Waals surface area contributed by atoms with Crippen molar-refractivity contribution in [3.8, 4) is 0 Å². The molecule has 0 bridgehead atoms. The third-order valence-corrected chi connectivity index (χ3v) is 3.23. The number of benzene rings is 1. The summed E-state index contributed by atoms with van der Waals surface area (Å²) in [5, 5.41) is 20.3. The number of rotatable bonds is 5. The highest BCUT2D eigenvalue weighted by atomic mass is 16.5. The molecule has 1 aromatic heterocycles. The van der Waals surface area contributed by atoms with E-state index < -0.39 is 18.2 Å². The van der Waals surface area contributed by atoms with Gasteiger partial charge in [-0.2, -0.15) is 0 Å². The molecule has 0 amide bonds. The first-order chi connectivity index (χ1) is 10.4. The smallest absolute Gasteiger partial charge is 0.308 e. The maximum Gasteiger partial charge on any atom is 0.308 e. The Morgan fingerprint density at radius 2 is 2.14 bits per heavy atom. The first kappa shape index (κ1) is 16.1. The predicted molar refractivity (Wildman–Crippen MR) is 79.3 cm³/mol. The van der Waals surface area contributed by atoms with Crippen LogP contribution in [0.3, 0.4) is 0 Å². The van der Waals surface area contributed by atoms with Gasteiger partial charge in [0.1, 0.15) is 11.9 Å². The van der Waals surface area contributed by atoms with E-state index in [1.807, 2.05) is 0 Å². The average Bonchev–Trinajstić information content (AvgIpc) is 2.46. The minimum atomic E-state index is -1.31. The number of carbonyl (C=O) groups excluding carboxylic acids is 1. The van der Waals surface area contributed by atoms with Gasteiger partial charge in [0.2, 0.25) is 0 Å². The Hall–Kier alpha value is -2.25. The fraction of sp³-hybridized carbons (Fsp3) is 0.400. The van der Waals surface area contributed by atoms with Crippen molar-refractivity contribution < 1.29 is 19.7 Å². The van der Waals surface area contributed by atoms with Gasteiger partial charge in [0.25, 0.3) is 5.56 Å². The number of aliphatic hydroxyl groups is 2. The van der Waals surface area contributed by atoms with E-state index in [2.05, 4.69) is 9.97 Å². The molecule has 0 saturated heterocycles. The van der Waals surface area contributed by atoms with E-state index >= 15 is 0 Å². The number of H-pyrrole nitrogens is 1. The van der Waals surface area contributed by atoms with Crippen LogP contribution in [0.5, 0.6) is 0 Å². The molecule has 0 aliphatic rings. The van der Waals surface area contributed by atoms with Gasteiger partial charge in [-0.15, -0.1) is 0 Å². The van der Waals surface area contributed by atoms with E-state index in [-0.39, 0.29) is 18.6 Å². The summed E-state index contributed by atoms with van der Waals surface area (Å²) in [6.45, 7) is 3.54. The second kappa shape index (κ2) is 6.67. The molecule has 2 unspecified atom stereocenters. The second-order valence-corrected chi connectivity index (χ2v) is 4.95. The van der Waals surface area contributed by atoms with Gasteiger partial charge < -0.3 is 19.9 Å². The number of aromatic amines is 1. The zero-order chi connectivity index (χ0) is 16.3. The SMILES string of the molecule is CCOC(=O)CC(O)C(O)c1ccc2nc(C)[nH]c(=O)c2c1. The van der Waals surface area contributed by atoms with Crippen molar-refractivity contribution in [3.05, 3.63) is 39.9 Å². The molecule has 2 rings (SSSR count). The quantitative estimate of drug-likeness (QED) is 0.697. The van der Waals surface area contributed by atoms with Crippen molar-refractivity contribution in [1.82, 2.24) is 9.97 Å². The van der Waals surface area contributed by atoms with E-state index in [0.717, 1.165) is 0 Å². The number of hydrogen-bond donors (Lipinski definition) is 3. The highest BCUT2D eigenvalue weighted by molar-refractivity contribution is 5.78. The van der Waals surface area contributed by atoms with Gasteiger partial charge in [-0.05, 0) is 31.5 Å². The molecule has 0 aliphatic heterocycles. The van der Waals surface area contributed by atoms with Gasteiger partial charge in [0.05, 0.1) is 30.0 Å². The zero-order valence-corrected chi connectivity index (χ0v) is 12.4. The Morgan fingerprint density at radius 1 is 1.41 bits per heavy atom. The van der Waals surface area contributed by atoms with Crippen molar-refractivity contribution in [2.45, 2.75) is 32.5 Å². The molecule has 118 valence electrons. The number of aryl methyl sites for hydroxylation is 1. The number of nitrogens with zero attached hydrogens (tertiary/aromatic N) is 1. The molecule has 3 N–H and O–H groups in total. The van der Waals surface area contributed by atoms with Crippen LogP contribution < -0.4 is 5.56 Å². The van der Waals surface area contributed by atoms with Gasteiger partial charge in [-0.1, -0.05) is 6.07 Å². The van der Waals surface area contributed by atoms with Gasteiger partial charge in [0.15, 0.2) is 0 Å². The summed E-state index contributed by atoms with van der Waals surface area (Å²) in [6.07, 6.45) is -2.93. The molecule has 22 heavy (non-hydrogen) atoms. The molecular weight excluding hydrogens is 288 g/mol. The van der Waals surface area contributed by atoms with E-state index in [0.29, 0.717) is 22.3 Å². The number of esters is 1. The Kier molecular flexibility index (Phi) is 4.89. The molecule has 1 heterocycles. The molecular formula is C15H18N2O5. The first-order valence-electron chi connectivity index (χ1n) is 6.94. The van der Waals surface area contributed by atoms with Crippen molar-refractivity contribution in [2.24, 2.45) is 0 Å². The normalized spacial score (nSPS) is 13.8. The van der Waals surface area contributed by atoms with Crippen LogP contribution in [0.15, 0.2) is 23.0 Å². The van der Waals surface area contributed by atoms with Crippen LogP contribution in [0.4, 0.5) is 0 Å². The molecule has 0 fully saturated rings. The Balaban J connectivity index is 2.26. The van der Waals surface area contributed by atoms with Crippen molar-refractivity contribution in [1.29, 1.82) is 0 Å². The van der Waals surface area contributed by atoms with Gasteiger partial charge in [0, 0.05) is 0 Å². The van der Waals surface area contributed by atoms with Crippen LogP contribution in [0.25, 0.3) is 10.9 Å². The maximum atomic E-state index is 11.9. The molecule has 7 nitrogen and oxygen atoms in total. The van der Waals surface area contributed by atoms with Crippen LogP contribution in [-0.2, 0) is 9.53 Å². The van der Waals surface area contributed by atoms with Crippen LogP contribution in [0.2, 0.25) is 0 Å². The Morgan fingerprint density at radius 3 is 2.82 bits per heavy atom. The molecule has 7 heteroatoms.